The number of carbonyl (C=O) groups is 1. The third-order valence-corrected chi connectivity index (χ3v) is 5.12. The van der Waals surface area contributed by atoms with Gasteiger partial charge in [0.15, 0.2) is 6.61 Å². The number of alkyl halides is 6. The van der Waals surface area contributed by atoms with Crippen LogP contribution in [0.4, 0.5) is 37.1 Å². The molecule has 0 aliphatic carbocycles. The zero-order valence-electron chi connectivity index (χ0n) is 20.4. The maximum Gasteiger partial charge on any atom is 0.422 e. The van der Waals surface area contributed by atoms with E-state index >= 15 is 0 Å². The molecule has 1 aromatic heterocycles. The Hall–Kier alpha value is -3.32. The van der Waals surface area contributed by atoms with Crippen LogP contribution < -0.4 is 10.1 Å². The number of nitrogens with zero attached hydrogens (tertiary/aromatic N) is 4. The monoisotopic (exact) mass is 535 g/mol. The Morgan fingerprint density at radius 1 is 1.05 bits per heavy atom. The lowest BCUT2D eigenvalue weighted by Gasteiger charge is -2.33. The topological polar surface area (TPSA) is 89.5 Å². The molecule has 0 bridgehead atoms. The first kappa shape index (κ1) is 28.3. The quantitative estimate of drug-likeness (QED) is 0.507. The molecule has 0 radical (unpaired) electrons. The normalized spacial score (nSPS) is 15.4. The molecule has 8 nitrogen and oxygen atoms in total. The second-order valence-corrected chi connectivity index (χ2v) is 9.52. The van der Waals surface area contributed by atoms with Crippen LogP contribution in [0.25, 0.3) is 0 Å². The Labute approximate surface area is 209 Å². The second kappa shape index (κ2) is 11.0. The van der Waals surface area contributed by atoms with E-state index in [4.69, 9.17) is 4.74 Å². The number of rotatable bonds is 6. The standard InChI is InChI=1S/C23H27F6N5O3/c1-21(2,3)37-20(35)34-9-7-16(8-10-34)30-18-31-17(32-19(33-18)36-13-22(24,25)26)12-14-5-4-6-15(11-14)23(27,28)29/h4-6,11,16H,7-10,12-13H2,1-3H3,(H,30,31,32,33). The van der Waals surface area contributed by atoms with Gasteiger partial charge in [0.1, 0.15) is 11.4 Å². The number of nitrogens with one attached hydrogen (secondary N) is 1. The van der Waals surface area contributed by atoms with Gasteiger partial charge in [-0.05, 0) is 45.2 Å². The Morgan fingerprint density at radius 2 is 1.73 bits per heavy atom. The first-order chi connectivity index (χ1) is 17.1. The zero-order chi connectivity index (χ0) is 27.4. The maximum absolute atomic E-state index is 13.1. The predicted octanol–water partition coefficient (Wildman–Crippen LogP) is 5.23. The van der Waals surface area contributed by atoms with Crippen LogP contribution in [0.5, 0.6) is 6.01 Å². The van der Waals surface area contributed by atoms with Crippen LogP contribution in [0.15, 0.2) is 24.3 Å². The van der Waals surface area contributed by atoms with Crippen molar-refractivity contribution < 1.29 is 40.6 Å². The fourth-order valence-corrected chi connectivity index (χ4v) is 3.51. The lowest BCUT2D eigenvalue weighted by Crippen LogP contribution is -2.44. The molecule has 204 valence electrons. The van der Waals surface area contributed by atoms with Gasteiger partial charge < -0.3 is 19.7 Å². The van der Waals surface area contributed by atoms with Crippen molar-refractivity contribution in [2.45, 2.75) is 64.0 Å². The zero-order valence-corrected chi connectivity index (χ0v) is 20.4. The molecule has 37 heavy (non-hydrogen) atoms. The van der Waals surface area contributed by atoms with Crippen molar-refractivity contribution in [1.82, 2.24) is 19.9 Å². The molecule has 1 aromatic carbocycles. The van der Waals surface area contributed by atoms with Gasteiger partial charge in [-0.25, -0.2) is 4.79 Å². The van der Waals surface area contributed by atoms with Crippen LogP contribution in [-0.2, 0) is 17.3 Å². The molecule has 14 heteroatoms. The molecule has 0 atom stereocenters. The molecule has 3 rings (SSSR count). The second-order valence-electron chi connectivity index (χ2n) is 9.52. The molecule has 1 N–H and O–H groups in total. The number of aromatic nitrogens is 3. The SMILES string of the molecule is CC(C)(C)OC(=O)N1CCC(Nc2nc(Cc3cccc(C(F)(F)F)c3)nc(OCC(F)(F)F)n2)CC1. The van der Waals surface area contributed by atoms with Crippen molar-refractivity contribution in [2.24, 2.45) is 0 Å². The van der Waals surface area contributed by atoms with Crippen molar-refractivity contribution in [3.8, 4) is 6.01 Å². The van der Waals surface area contributed by atoms with Gasteiger partial charge in [-0.2, -0.15) is 41.3 Å². The van der Waals surface area contributed by atoms with Gasteiger partial charge in [0.25, 0.3) is 0 Å². The summed E-state index contributed by atoms with van der Waals surface area (Å²) in [6.45, 7) is 4.37. The van der Waals surface area contributed by atoms with Crippen LogP contribution in [0.2, 0.25) is 0 Å². The van der Waals surface area contributed by atoms with Crippen LogP contribution >= 0.6 is 0 Å². The summed E-state index contributed by atoms with van der Waals surface area (Å²) in [5, 5.41) is 3.01. The van der Waals surface area contributed by atoms with Gasteiger partial charge in [-0.15, -0.1) is 0 Å². The molecular weight excluding hydrogens is 508 g/mol. The summed E-state index contributed by atoms with van der Waals surface area (Å²) in [5.41, 5.74) is -1.30. The average molecular weight is 535 g/mol. The van der Waals surface area contributed by atoms with Gasteiger partial charge in [-0.3, -0.25) is 0 Å². The number of halogens is 6. The van der Waals surface area contributed by atoms with E-state index in [9.17, 15) is 31.1 Å². The van der Waals surface area contributed by atoms with E-state index in [-0.39, 0.29) is 29.8 Å². The Morgan fingerprint density at radius 3 is 2.32 bits per heavy atom. The van der Waals surface area contributed by atoms with Crippen molar-refractivity contribution in [3.63, 3.8) is 0 Å². The van der Waals surface area contributed by atoms with Crippen molar-refractivity contribution in [1.29, 1.82) is 0 Å². The Bertz CT molecular complexity index is 1080. The van der Waals surface area contributed by atoms with Crippen molar-refractivity contribution in [2.75, 3.05) is 25.0 Å². The molecule has 2 aromatic rings. The largest absolute Gasteiger partial charge is 0.454 e. The predicted molar refractivity (Wildman–Crippen MR) is 120 cm³/mol. The minimum atomic E-state index is -4.64. The fraction of sp³-hybridized carbons (Fsp3) is 0.565. The summed E-state index contributed by atoms with van der Waals surface area (Å²) in [6.07, 6.45) is -8.88. The van der Waals surface area contributed by atoms with E-state index in [2.05, 4.69) is 25.0 Å². The molecule has 0 spiro atoms. The number of anilines is 1. The summed E-state index contributed by atoms with van der Waals surface area (Å²) < 4.78 is 87.2. The van der Waals surface area contributed by atoms with Crippen LogP contribution in [0.1, 0.15) is 50.6 Å². The third-order valence-electron chi connectivity index (χ3n) is 5.12. The molecule has 2 heterocycles. The van der Waals surface area contributed by atoms with Gasteiger partial charge in [0, 0.05) is 25.6 Å². The number of amides is 1. The Kier molecular flexibility index (Phi) is 8.38. The molecular formula is C23H27F6N5O3. The van der Waals surface area contributed by atoms with E-state index < -0.39 is 42.2 Å². The molecule has 1 aliphatic rings. The number of hydrogen-bond acceptors (Lipinski definition) is 7. The summed E-state index contributed by atoms with van der Waals surface area (Å²) in [5.74, 6) is -0.148. The number of likely N-dealkylation sites (tertiary alicyclic amines) is 1. The first-order valence-electron chi connectivity index (χ1n) is 11.4. The molecule has 0 unspecified atom stereocenters. The molecule has 1 amide bonds. The highest BCUT2D eigenvalue weighted by atomic mass is 19.4. The number of ether oxygens (including phenoxy) is 2. The molecule has 1 saturated heterocycles. The molecule has 1 aliphatic heterocycles. The molecule has 1 fully saturated rings. The van der Waals surface area contributed by atoms with Gasteiger partial charge >= 0.3 is 24.5 Å². The van der Waals surface area contributed by atoms with Crippen molar-refractivity contribution >= 4 is 12.0 Å². The smallest absolute Gasteiger partial charge is 0.422 e. The number of hydrogen-bond donors (Lipinski definition) is 1. The van der Waals surface area contributed by atoms with E-state index in [1.54, 1.807) is 25.7 Å². The first-order valence-corrected chi connectivity index (χ1v) is 11.4. The fourth-order valence-electron chi connectivity index (χ4n) is 3.51. The van der Waals surface area contributed by atoms with Crippen LogP contribution in [0.3, 0.4) is 0 Å². The van der Waals surface area contributed by atoms with Crippen LogP contribution in [-0.4, -0.2) is 63.5 Å². The van der Waals surface area contributed by atoms with Crippen molar-refractivity contribution in [3.05, 3.63) is 41.2 Å². The molecule has 0 saturated carbocycles. The summed E-state index contributed by atoms with van der Waals surface area (Å²) in [4.78, 5) is 25.7. The van der Waals surface area contributed by atoms with E-state index in [0.717, 1.165) is 12.1 Å². The number of benzene rings is 1. The number of piperidine rings is 1. The minimum Gasteiger partial charge on any atom is -0.454 e. The van der Waals surface area contributed by atoms with E-state index in [1.165, 1.54) is 12.1 Å². The summed E-state index contributed by atoms with van der Waals surface area (Å²) in [6, 6.07) is 3.64. The van der Waals surface area contributed by atoms with E-state index in [1.807, 2.05) is 0 Å². The van der Waals surface area contributed by atoms with Gasteiger partial charge in [0.2, 0.25) is 5.95 Å². The average Bonchev–Trinajstić information content (AvgIpc) is 2.76. The highest BCUT2D eigenvalue weighted by Crippen LogP contribution is 2.30. The highest BCUT2D eigenvalue weighted by molar-refractivity contribution is 5.68. The van der Waals surface area contributed by atoms with Gasteiger partial charge in [-0.1, -0.05) is 18.2 Å². The lowest BCUT2D eigenvalue weighted by atomic mass is 10.1. The summed E-state index contributed by atoms with van der Waals surface area (Å²) in [7, 11) is 0. The lowest BCUT2D eigenvalue weighted by molar-refractivity contribution is -0.154. The Balaban J connectivity index is 1.74. The van der Waals surface area contributed by atoms with Crippen LogP contribution in [0, 0.1) is 0 Å². The third kappa shape index (κ3) is 9.25. The summed E-state index contributed by atoms with van der Waals surface area (Å²) >= 11 is 0. The highest BCUT2D eigenvalue weighted by Gasteiger charge is 2.31. The van der Waals surface area contributed by atoms with Gasteiger partial charge in [0.05, 0.1) is 5.56 Å². The minimum absolute atomic E-state index is 0.0693. The van der Waals surface area contributed by atoms with E-state index in [0.29, 0.717) is 25.9 Å². The number of carbonyl (C=O) groups excluding carboxylic acids is 1. The maximum atomic E-state index is 13.1.